The maximum absolute atomic E-state index is 13.9. The third-order valence-electron chi connectivity index (χ3n) is 2.81. The number of nitrogens with two attached hydrogens (primary N) is 1. The average Bonchev–Trinajstić information content (AvgIpc) is 2.37. The van der Waals surface area contributed by atoms with Gasteiger partial charge in [-0.25, -0.2) is 4.39 Å². The molecule has 1 aromatic carbocycles. The van der Waals surface area contributed by atoms with Gasteiger partial charge in [0.2, 0.25) is 0 Å². The van der Waals surface area contributed by atoms with Crippen molar-refractivity contribution in [3.63, 3.8) is 0 Å². The van der Waals surface area contributed by atoms with Crippen molar-refractivity contribution in [3.05, 3.63) is 59.2 Å². The smallest absolute Gasteiger partial charge is 0.398 e. The van der Waals surface area contributed by atoms with Crippen LogP contribution in [0.2, 0.25) is 0 Å². The monoisotopic (exact) mass is 286 g/mol. The lowest BCUT2D eigenvalue weighted by atomic mass is 9.99. The molecule has 0 saturated carbocycles. The van der Waals surface area contributed by atoms with E-state index in [1.54, 1.807) is 0 Å². The number of alkyl halides is 3. The number of aliphatic hydroxyl groups excluding tert-OH is 1. The molecule has 20 heavy (non-hydrogen) atoms. The van der Waals surface area contributed by atoms with Crippen molar-refractivity contribution in [2.75, 3.05) is 5.73 Å². The molecule has 3 N–H and O–H groups in total. The van der Waals surface area contributed by atoms with Crippen molar-refractivity contribution < 1.29 is 22.7 Å². The van der Waals surface area contributed by atoms with Gasteiger partial charge in [-0.05, 0) is 12.1 Å². The summed E-state index contributed by atoms with van der Waals surface area (Å²) in [6.07, 6.45) is -3.92. The summed E-state index contributed by atoms with van der Waals surface area (Å²) < 4.78 is 51.7. The first-order chi connectivity index (χ1) is 9.32. The van der Waals surface area contributed by atoms with Crippen LogP contribution in [0.5, 0.6) is 0 Å². The van der Waals surface area contributed by atoms with Crippen LogP contribution in [0.4, 0.5) is 23.2 Å². The fraction of sp³-hybridized carbons (Fsp3) is 0.154. The summed E-state index contributed by atoms with van der Waals surface area (Å²) in [5.74, 6) is -1.52. The molecule has 0 fully saturated rings. The highest BCUT2D eigenvalue weighted by Gasteiger charge is 2.35. The SMILES string of the molecule is Nc1ccncc1C(O)c1cccc(C(F)(F)F)c1F. The lowest BCUT2D eigenvalue weighted by molar-refractivity contribution is -0.140. The molecule has 2 rings (SSSR count). The van der Waals surface area contributed by atoms with E-state index in [1.165, 1.54) is 18.5 Å². The summed E-state index contributed by atoms with van der Waals surface area (Å²) in [5.41, 5.74) is 3.82. The van der Waals surface area contributed by atoms with Crippen molar-refractivity contribution >= 4 is 5.69 Å². The number of benzene rings is 1. The molecule has 3 nitrogen and oxygen atoms in total. The number of hydrogen-bond acceptors (Lipinski definition) is 3. The van der Waals surface area contributed by atoms with E-state index in [4.69, 9.17) is 5.73 Å². The van der Waals surface area contributed by atoms with Crippen LogP contribution in [-0.2, 0) is 6.18 Å². The van der Waals surface area contributed by atoms with E-state index in [0.717, 1.165) is 12.1 Å². The number of pyridine rings is 1. The van der Waals surface area contributed by atoms with Crippen LogP contribution in [0.25, 0.3) is 0 Å². The number of rotatable bonds is 2. The lowest BCUT2D eigenvalue weighted by Crippen LogP contribution is -2.13. The minimum atomic E-state index is -4.83. The molecular weight excluding hydrogens is 276 g/mol. The van der Waals surface area contributed by atoms with Gasteiger partial charge in [-0.1, -0.05) is 12.1 Å². The molecule has 1 unspecified atom stereocenters. The van der Waals surface area contributed by atoms with Crippen LogP contribution >= 0.6 is 0 Å². The Hall–Kier alpha value is -2.15. The number of hydrogen-bond donors (Lipinski definition) is 2. The molecule has 0 aliphatic heterocycles. The lowest BCUT2D eigenvalue weighted by Gasteiger charge is -2.16. The minimum absolute atomic E-state index is 0.0470. The first-order valence-electron chi connectivity index (χ1n) is 5.55. The first-order valence-corrected chi connectivity index (χ1v) is 5.55. The van der Waals surface area contributed by atoms with Gasteiger partial charge in [0.15, 0.2) is 0 Å². The van der Waals surface area contributed by atoms with Crippen molar-refractivity contribution in [2.24, 2.45) is 0 Å². The molecule has 0 bridgehead atoms. The highest BCUT2D eigenvalue weighted by atomic mass is 19.4. The van der Waals surface area contributed by atoms with E-state index in [2.05, 4.69) is 4.98 Å². The maximum Gasteiger partial charge on any atom is 0.419 e. The quantitative estimate of drug-likeness (QED) is 0.834. The molecule has 0 saturated heterocycles. The number of nitrogen functional groups attached to an aromatic ring is 1. The average molecular weight is 286 g/mol. The molecule has 0 radical (unpaired) electrons. The van der Waals surface area contributed by atoms with Crippen molar-refractivity contribution in [2.45, 2.75) is 12.3 Å². The fourth-order valence-corrected chi connectivity index (χ4v) is 1.79. The van der Waals surface area contributed by atoms with Crippen LogP contribution < -0.4 is 5.73 Å². The second-order valence-corrected chi connectivity index (χ2v) is 4.11. The van der Waals surface area contributed by atoms with Crippen molar-refractivity contribution in [3.8, 4) is 0 Å². The zero-order chi connectivity index (χ0) is 14.9. The van der Waals surface area contributed by atoms with Gasteiger partial charge in [0.05, 0.1) is 5.56 Å². The largest absolute Gasteiger partial charge is 0.419 e. The van der Waals surface area contributed by atoms with Crippen LogP contribution in [0.15, 0.2) is 36.7 Å². The Labute approximate surface area is 111 Å². The molecule has 7 heteroatoms. The third kappa shape index (κ3) is 2.57. The molecular formula is C13H10F4N2O. The summed E-state index contributed by atoms with van der Waals surface area (Å²) >= 11 is 0. The minimum Gasteiger partial charge on any atom is -0.398 e. The zero-order valence-corrected chi connectivity index (χ0v) is 10.0. The molecule has 2 aromatic rings. The van der Waals surface area contributed by atoms with Gasteiger partial charge >= 0.3 is 6.18 Å². The Kier molecular flexibility index (Phi) is 3.63. The van der Waals surface area contributed by atoms with Gasteiger partial charge < -0.3 is 10.8 Å². The maximum atomic E-state index is 13.9. The number of aromatic nitrogens is 1. The van der Waals surface area contributed by atoms with Crippen molar-refractivity contribution in [1.82, 2.24) is 4.98 Å². The summed E-state index contributed by atoms with van der Waals surface area (Å²) in [6.45, 7) is 0. The van der Waals surface area contributed by atoms with Gasteiger partial charge in [0, 0.05) is 29.2 Å². The van der Waals surface area contributed by atoms with Crippen LogP contribution in [-0.4, -0.2) is 10.1 Å². The standard InChI is InChI=1S/C13H10F4N2O/c14-11-7(2-1-3-9(11)13(15,16)17)12(20)8-6-19-5-4-10(8)18/h1-6,12,20H,(H2,18,19). The highest BCUT2D eigenvalue weighted by molar-refractivity contribution is 5.49. The van der Waals surface area contributed by atoms with Gasteiger partial charge in [-0.3, -0.25) is 4.98 Å². The molecule has 106 valence electrons. The van der Waals surface area contributed by atoms with E-state index in [9.17, 15) is 22.7 Å². The Morgan fingerprint density at radius 2 is 1.85 bits per heavy atom. The number of halogens is 4. The Bertz CT molecular complexity index is 628. The molecule has 0 aliphatic carbocycles. The number of aliphatic hydroxyl groups is 1. The Morgan fingerprint density at radius 3 is 2.45 bits per heavy atom. The van der Waals surface area contributed by atoms with E-state index in [1.807, 2.05) is 0 Å². The predicted octanol–water partition coefficient (Wildman–Crippen LogP) is 2.90. The summed E-state index contributed by atoms with van der Waals surface area (Å²) in [4.78, 5) is 3.71. The van der Waals surface area contributed by atoms with E-state index in [0.29, 0.717) is 6.07 Å². The van der Waals surface area contributed by atoms with E-state index < -0.39 is 29.2 Å². The molecule has 1 atom stereocenters. The summed E-state index contributed by atoms with van der Waals surface area (Å²) in [5, 5.41) is 10.0. The van der Waals surface area contributed by atoms with Crippen LogP contribution in [0.3, 0.4) is 0 Å². The van der Waals surface area contributed by atoms with Gasteiger partial charge in [-0.2, -0.15) is 13.2 Å². The first kappa shape index (κ1) is 14.3. The van der Waals surface area contributed by atoms with Gasteiger partial charge in [0.25, 0.3) is 0 Å². The third-order valence-corrected chi connectivity index (χ3v) is 2.81. The molecule has 0 spiro atoms. The van der Waals surface area contributed by atoms with Crippen molar-refractivity contribution in [1.29, 1.82) is 0 Å². The number of anilines is 1. The normalized spacial score (nSPS) is 13.2. The Morgan fingerprint density at radius 1 is 1.15 bits per heavy atom. The molecule has 0 aliphatic rings. The van der Waals surface area contributed by atoms with Crippen LogP contribution in [0.1, 0.15) is 22.8 Å². The zero-order valence-electron chi connectivity index (χ0n) is 10.0. The predicted molar refractivity (Wildman–Crippen MR) is 64.1 cm³/mol. The molecule has 1 aromatic heterocycles. The van der Waals surface area contributed by atoms with Gasteiger partial charge in [-0.15, -0.1) is 0 Å². The van der Waals surface area contributed by atoms with E-state index >= 15 is 0 Å². The topological polar surface area (TPSA) is 59.1 Å². The van der Waals surface area contributed by atoms with Gasteiger partial charge in [0.1, 0.15) is 11.9 Å². The fourth-order valence-electron chi connectivity index (χ4n) is 1.79. The summed E-state index contributed by atoms with van der Waals surface area (Å²) in [6, 6.07) is 4.07. The molecule has 1 heterocycles. The van der Waals surface area contributed by atoms with E-state index in [-0.39, 0.29) is 11.3 Å². The second kappa shape index (κ2) is 5.09. The second-order valence-electron chi connectivity index (χ2n) is 4.11. The highest BCUT2D eigenvalue weighted by Crippen LogP contribution is 2.35. The summed E-state index contributed by atoms with van der Waals surface area (Å²) in [7, 11) is 0. The molecule has 0 amide bonds. The number of nitrogens with zero attached hydrogens (tertiary/aromatic N) is 1. The Balaban J connectivity index is 2.52. The van der Waals surface area contributed by atoms with Crippen LogP contribution in [0, 0.1) is 5.82 Å².